The Bertz CT molecular complexity index is 558. The van der Waals surface area contributed by atoms with Crippen molar-refractivity contribution in [1.82, 2.24) is 14.8 Å². The highest BCUT2D eigenvalue weighted by atomic mass is 16.2. The number of nitrogens with zero attached hydrogens (tertiary/aromatic N) is 3. The van der Waals surface area contributed by atoms with E-state index in [1.807, 2.05) is 6.92 Å². The van der Waals surface area contributed by atoms with Gasteiger partial charge in [-0.15, -0.1) is 6.58 Å². The molecule has 1 atom stereocenters. The van der Waals surface area contributed by atoms with Crippen molar-refractivity contribution < 1.29 is 9.59 Å². The fraction of sp³-hybridized carbons (Fsp3) is 0.400. The van der Waals surface area contributed by atoms with Gasteiger partial charge in [0.1, 0.15) is 6.04 Å². The van der Waals surface area contributed by atoms with E-state index < -0.39 is 6.04 Å². The lowest BCUT2D eigenvalue weighted by Crippen LogP contribution is -2.44. The number of nitrogens with one attached hydrogen (secondary N) is 1. The maximum Gasteiger partial charge on any atom is 0.322 e. The van der Waals surface area contributed by atoms with Gasteiger partial charge in [0, 0.05) is 38.2 Å². The number of carbonyl (C=O) groups is 2. The summed E-state index contributed by atoms with van der Waals surface area (Å²) in [5.74, 6) is -0.0287. The Kier molecular flexibility index (Phi) is 4.57. The van der Waals surface area contributed by atoms with E-state index in [0.29, 0.717) is 25.2 Å². The van der Waals surface area contributed by atoms with Gasteiger partial charge in [0.25, 0.3) is 0 Å². The van der Waals surface area contributed by atoms with Gasteiger partial charge in [-0.2, -0.15) is 0 Å². The molecular weight excluding hydrogens is 268 g/mol. The second kappa shape index (κ2) is 6.39. The summed E-state index contributed by atoms with van der Waals surface area (Å²) >= 11 is 0. The third kappa shape index (κ3) is 3.21. The van der Waals surface area contributed by atoms with Crippen molar-refractivity contribution in [1.29, 1.82) is 0 Å². The predicted octanol–water partition coefficient (Wildman–Crippen LogP) is 1.64. The average molecular weight is 288 g/mol. The zero-order valence-electron chi connectivity index (χ0n) is 12.4. The van der Waals surface area contributed by atoms with Crippen LogP contribution < -0.4 is 5.32 Å². The molecule has 1 unspecified atom stereocenters. The maximum atomic E-state index is 12.3. The zero-order valence-corrected chi connectivity index (χ0v) is 12.4. The molecular formula is C15H20N4O2. The predicted molar refractivity (Wildman–Crippen MR) is 80.9 cm³/mol. The summed E-state index contributed by atoms with van der Waals surface area (Å²) in [5, 5.41) is 2.81. The number of likely N-dealkylation sites (tertiary alicyclic amines) is 1. The van der Waals surface area contributed by atoms with Crippen molar-refractivity contribution in [3.05, 3.63) is 36.7 Å². The molecule has 1 fully saturated rings. The minimum absolute atomic E-state index is 0.0287. The van der Waals surface area contributed by atoms with Crippen LogP contribution in [0.3, 0.4) is 0 Å². The quantitative estimate of drug-likeness (QED) is 0.857. The summed E-state index contributed by atoms with van der Waals surface area (Å²) in [7, 11) is 1.64. The molecule has 0 bridgehead atoms. The van der Waals surface area contributed by atoms with Gasteiger partial charge in [-0.3, -0.25) is 9.78 Å². The molecule has 0 saturated carbocycles. The molecule has 3 amide bonds. The Morgan fingerprint density at radius 1 is 1.67 bits per heavy atom. The van der Waals surface area contributed by atoms with Gasteiger partial charge in [0.2, 0.25) is 5.91 Å². The van der Waals surface area contributed by atoms with Crippen LogP contribution in [0.15, 0.2) is 31.1 Å². The highest BCUT2D eigenvalue weighted by Crippen LogP contribution is 2.18. The summed E-state index contributed by atoms with van der Waals surface area (Å²) in [6, 6.07) is 1.04. The molecule has 2 heterocycles. The summed E-state index contributed by atoms with van der Waals surface area (Å²) in [5.41, 5.74) is 1.58. The number of likely N-dealkylation sites (N-methyl/N-ethyl adjacent to an activating group) is 1. The molecule has 1 aliphatic heterocycles. The molecule has 6 nitrogen and oxygen atoms in total. The second-order valence-electron chi connectivity index (χ2n) is 5.11. The van der Waals surface area contributed by atoms with Crippen molar-refractivity contribution in [2.24, 2.45) is 0 Å². The molecule has 0 spiro atoms. The minimum Gasteiger partial charge on any atom is -0.337 e. The summed E-state index contributed by atoms with van der Waals surface area (Å²) in [6.07, 6.45) is 5.64. The van der Waals surface area contributed by atoms with Crippen LogP contribution in [0.1, 0.15) is 12.0 Å². The summed E-state index contributed by atoms with van der Waals surface area (Å²) < 4.78 is 0. The van der Waals surface area contributed by atoms with E-state index in [4.69, 9.17) is 0 Å². The number of urea groups is 1. The lowest BCUT2D eigenvalue weighted by Gasteiger charge is -2.24. The molecule has 0 aliphatic carbocycles. The highest BCUT2D eigenvalue weighted by molar-refractivity contribution is 5.94. The van der Waals surface area contributed by atoms with Gasteiger partial charge in [-0.25, -0.2) is 4.79 Å². The number of hydrogen-bond acceptors (Lipinski definition) is 3. The third-order valence-corrected chi connectivity index (χ3v) is 3.67. The standard InChI is InChI=1S/C15H20N4O2/c1-4-8-19-9-6-13(14(19)20)18(3)15(21)17-12-5-7-16-10-11(12)2/h4-5,7,10,13H,1,6,8-9H2,2-3H3,(H,16,17,21). The normalized spacial score (nSPS) is 17.7. The first-order chi connectivity index (χ1) is 10.0. The minimum atomic E-state index is -0.410. The number of amides is 3. The Morgan fingerprint density at radius 2 is 2.43 bits per heavy atom. The average Bonchev–Trinajstić information content (AvgIpc) is 2.82. The number of carbonyl (C=O) groups excluding carboxylic acids is 2. The first kappa shape index (κ1) is 15.0. The van der Waals surface area contributed by atoms with Crippen molar-refractivity contribution >= 4 is 17.6 Å². The van der Waals surface area contributed by atoms with E-state index in [1.54, 1.807) is 36.5 Å². The number of aromatic nitrogens is 1. The molecule has 1 aromatic heterocycles. The summed E-state index contributed by atoms with van der Waals surface area (Å²) in [4.78, 5) is 31.6. The van der Waals surface area contributed by atoms with Crippen LogP contribution in [0.2, 0.25) is 0 Å². The fourth-order valence-electron chi connectivity index (χ4n) is 2.38. The molecule has 2 rings (SSSR count). The van der Waals surface area contributed by atoms with Gasteiger partial charge in [-0.05, 0) is 25.0 Å². The van der Waals surface area contributed by atoms with E-state index in [0.717, 1.165) is 5.56 Å². The van der Waals surface area contributed by atoms with Crippen molar-refractivity contribution in [2.75, 3.05) is 25.5 Å². The van der Waals surface area contributed by atoms with Crippen LogP contribution in [0, 0.1) is 6.92 Å². The number of aryl methyl sites for hydroxylation is 1. The van der Waals surface area contributed by atoms with E-state index >= 15 is 0 Å². The Balaban J connectivity index is 2.02. The Labute approximate surface area is 124 Å². The monoisotopic (exact) mass is 288 g/mol. The molecule has 21 heavy (non-hydrogen) atoms. The van der Waals surface area contributed by atoms with Crippen LogP contribution in [-0.2, 0) is 4.79 Å². The first-order valence-electron chi connectivity index (χ1n) is 6.88. The molecule has 1 saturated heterocycles. The molecule has 0 aromatic carbocycles. The van der Waals surface area contributed by atoms with Crippen LogP contribution >= 0.6 is 0 Å². The van der Waals surface area contributed by atoms with Crippen LogP contribution in [-0.4, -0.2) is 52.9 Å². The number of anilines is 1. The Morgan fingerprint density at radius 3 is 3.10 bits per heavy atom. The maximum absolute atomic E-state index is 12.3. The lowest BCUT2D eigenvalue weighted by molar-refractivity contribution is -0.130. The van der Waals surface area contributed by atoms with Gasteiger partial charge < -0.3 is 15.1 Å². The van der Waals surface area contributed by atoms with Gasteiger partial charge >= 0.3 is 6.03 Å². The highest BCUT2D eigenvalue weighted by Gasteiger charge is 2.35. The fourth-order valence-corrected chi connectivity index (χ4v) is 2.38. The number of hydrogen-bond donors (Lipinski definition) is 1. The SMILES string of the molecule is C=CCN1CCC(N(C)C(=O)Nc2ccncc2C)C1=O. The van der Waals surface area contributed by atoms with Crippen molar-refractivity contribution in [2.45, 2.75) is 19.4 Å². The van der Waals surface area contributed by atoms with E-state index in [2.05, 4.69) is 16.9 Å². The summed E-state index contributed by atoms with van der Waals surface area (Å²) in [6.45, 7) is 6.68. The second-order valence-corrected chi connectivity index (χ2v) is 5.11. The molecule has 0 radical (unpaired) electrons. The molecule has 6 heteroatoms. The van der Waals surface area contributed by atoms with E-state index in [1.165, 1.54) is 4.90 Å². The number of rotatable bonds is 4. The van der Waals surface area contributed by atoms with Gasteiger partial charge in [0.05, 0.1) is 0 Å². The largest absolute Gasteiger partial charge is 0.337 e. The molecule has 1 aromatic rings. The number of pyridine rings is 1. The van der Waals surface area contributed by atoms with Gasteiger partial charge in [0.15, 0.2) is 0 Å². The third-order valence-electron chi connectivity index (χ3n) is 3.67. The topological polar surface area (TPSA) is 65.5 Å². The van der Waals surface area contributed by atoms with E-state index in [9.17, 15) is 9.59 Å². The van der Waals surface area contributed by atoms with Crippen molar-refractivity contribution in [3.63, 3.8) is 0 Å². The van der Waals surface area contributed by atoms with E-state index in [-0.39, 0.29) is 11.9 Å². The molecule has 112 valence electrons. The van der Waals surface area contributed by atoms with Gasteiger partial charge in [-0.1, -0.05) is 6.08 Å². The first-order valence-corrected chi connectivity index (χ1v) is 6.88. The zero-order chi connectivity index (χ0) is 15.4. The lowest BCUT2D eigenvalue weighted by atomic mass is 10.2. The molecule has 1 N–H and O–H groups in total. The smallest absolute Gasteiger partial charge is 0.322 e. The molecule has 1 aliphatic rings. The van der Waals surface area contributed by atoms with Crippen LogP contribution in [0.5, 0.6) is 0 Å². The Hall–Kier alpha value is -2.37. The van der Waals surface area contributed by atoms with Crippen LogP contribution in [0.4, 0.5) is 10.5 Å². The van der Waals surface area contributed by atoms with Crippen LogP contribution in [0.25, 0.3) is 0 Å². The van der Waals surface area contributed by atoms with Crippen molar-refractivity contribution in [3.8, 4) is 0 Å².